The Bertz CT molecular complexity index is 1160. The van der Waals surface area contributed by atoms with Gasteiger partial charge in [0, 0.05) is 5.69 Å². The Hall–Kier alpha value is -2.69. The van der Waals surface area contributed by atoms with E-state index >= 15 is 0 Å². The van der Waals surface area contributed by atoms with Gasteiger partial charge in [-0.1, -0.05) is 11.6 Å². The van der Waals surface area contributed by atoms with Crippen molar-refractivity contribution in [3.63, 3.8) is 0 Å². The van der Waals surface area contributed by atoms with Crippen LogP contribution in [0.3, 0.4) is 0 Å². The number of halogens is 2. The smallest absolute Gasteiger partial charge is 0.294 e. The number of anilines is 1. The van der Waals surface area contributed by atoms with Gasteiger partial charge in [0.1, 0.15) is 12.3 Å². The molecule has 0 spiro atoms. The Morgan fingerprint density at radius 3 is 2.53 bits per heavy atom. The predicted molar refractivity (Wildman–Crippen MR) is 136 cm³/mol. The Kier molecular flexibility index (Phi) is 8.87. The summed E-state index contributed by atoms with van der Waals surface area (Å²) in [6.07, 6.45) is 1.58. The Labute approximate surface area is 214 Å². The van der Waals surface area contributed by atoms with Gasteiger partial charge in [-0.25, -0.2) is 0 Å². The number of hydrogen-bond acceptors (Lipinski definition) is 7. The van der Waals surface area contributed by atoms with E-state index in [0.717, 1.165) is 16.7 Å². The summed E-state index contributed by atoms with van der Waals surface area (Å²) in [5, 5.41) is 2.41. The minimum Gasteiger partial charge on any atom is -0.495 e. The molecule has 0 aliphatic carbocycles. The maximum absolute atomic E-state index is 12.8. The highest BCUT2D eigenvalue weighted by molar-refractivity contribution is 9.10. The van der Waals surface area contributed by atoms with E-state index in [0.29, 0.717) is 51.2 Å². The lowest BCUT2D eigenvalue weighted by Crippen LogP contribution is -2.36. The van der Waals surface area contributed by atoms with Crippen LogP contribution in [0.1, 0.15) is 19.4 Å². The van der Waals surface area contributed by atoms with E-state index in [1.54, 1.807) is 30.3 Å². The van der Waals surface area contributed by atoms with Gasteiger partial charge in [-0.2, -0.15) is 0 Å². The molecule has 0 radical (unpaired) electrons. The highest BCUT2D eigenvalue weighted by Gasteiger charge is 2.36. The Morgan fingerprint density at radius 2 is 1.88 bits per heavy atom. The summed E-state index contributed by atoms with van der Waals surface area (Å²) in [7, 11) is 1.48. The summed E-state index contributed by atoms with van der Waals surface area (Å²) < 4.78 is 17.0. The van der Waals surface area contributed by atoms with Crippen molar-refractivity contribution in [2.75, 3.05) is 32.2 Å². The molecule has 0 atom stereocenters. The molecule has 34 heavy (non-hydrogen) atoms. The molecular formula is C23H22BrClN2O6S. The number of nitrogens with one attached hydrogen (secondary N) is 1. The first-order valence-corrected chi connectivity index (χ1v) is 12.2. The number of nitrogens with zero attached hydrogens (tertiary/aromatic N) is 1. The van der Waals surface area contributed by atoms with Gasteiger partial charge in [-0.05, 0) is 83.5 Å². The molecule has 2 aromatic rings. The topological polar surface area (TPSA) is 94.2 Å². The first-order chi connectivity index (χ1) is 16.3. The second-order valence-electron chi connectivity index (χ2n) is 6.86. The normalized spacial score (nSPS) is 14.5. The van der Waals surface area contributed by atoms with E-state index < -0.39 is 23.6 Å². The fourth-order valence-corrected chi connectivity index (χ4v) is 4.76. The molecule has 1 saturated heterocycles. The number of methoxy groups -OCH3 is 1. The third kappa shape index (κ3) is 6.05. The van der Waals surface area contributed by atoms with E-state index in [4.69, 9.17) is 25.8 Å². The molecule has 2 aromatic carbocycles. The van der Waals surface area contributed by atoms with E-state index in [2.05, 4.69) is 21.2 Å². The lowest BCUT2D eigenvalue weighted by atomic mass is 10.2. The maximum atomic E-state index is 12.8. The molecule has 1 heterocycles. The lowest BCUT2D eigenvalue weighted by Gasteiger charge is -2.14. The van der Waals surface area contributed by atoms with Crippen LogP contribution >= 0.6 is 39.3 Å². The lowest BCUT2D eigenvalue weighted by molar-refractivity contribution is -0.127. The minimum atomic E-state index is -0.555. The molecule has 1 aliphatic heterocycles. The average Bonchev–Trinajstić information content (AvgIpc) is 3.03. The third-order valence-corrected chi connectivity index (χ3v) is 6.32. The molecular weight excluding hydrogens is 548 g/mol. The van der Waals surface area contributed by atoms with Gasteiger partial charge < -0.3 is 19.5 Å². The first kappa shape index (κ1) is 25.9. The van der Waals surface area contributed by atoms with Crippen molar-refractivity contribution >= 4 is 68.1 Å². The highest BCUT2D eigenvalue weighted by Crippen LogP contribution is 2.39. The molecule has 1 fully saturated rings. The van der Waals surface area contributed by atoms with E-state index in [-0.39, 0.29) is 4.91 Å². The SMILES string of the molecule is CCOc1cc(/C=C2/SC(=O)N(CC(=O)Nc3ccc(OC)c(Cl)c3)C2=O)cc(Br)c1OCC. The largest absolute Gasteiger partial charge is 0.495 e. The molecule has 0 bridgehead atoms. The molecule has 1 N–H and O–H groups in total. The number of benzene rings is 2. The van der Waals surface area contributed by atoms with Gasteiger partial charge in [-0.3, -0.25) is 19.3 Å². The molecule has 0 aromatic heterocycles. The number of imide groups is 1. The number of hydrogen-bond donors (Lipinski definition) is 1. The van der Waals surface area contributed by atoms with Gasteiger partial charge in [0.15, 0.2) is 11.5 Å². The van der Waals surface area contributed by atoms with Crippen molar-refractivity contribution in [2.45, 2.75) is 13.8 Å². The summed E-state index contributed by atoms with van der Waals surface area (Å²) >= 11 is 10.3. The molecule has 0 unspecified atom stereocenters. The third-order valence-electron chi connectivity index (χ3n) is 4.53. The molecule has 180 valence electrons. The van der Waals surface area contributed by atoms with Crippen molar-refractivity contribution < 1.29 is 28.6 Å². The number of thioether (sulfide) groups is 1. The van der Waals surface area contributed by atoms with Gasteiger partial charge in [0.2, 0.25) is 5.91 Å². The fraction of sp³-hybridized carbons (Fsp3) is 0.261. The summed E-state index contributed by atoms with van der Waals surface area (Å²) in [6.45, 7) is 4.18. The molecule has 3 amide bonds. The Morgan fingerprint density at radius 1 is 1.15 bits per heavy atom. The number of carbonyl (C=O) groups excluding carboxylic acids is 3. The van der Waals surface area contributed by atoms with Crippen LogP contribution in [-0.2, 0) is 9.59 Å². The van der Waals surface area contributed by atoms with Crippen molar-refractivity contribution in [1.29, 1.82) is 0 Å². The molecule has 3 rings (SSSR count). The van der Waals surface area contributed by atoms with Crippen LogP contribution in [-0.4, -0.2) is 48.8 Å². The van der Waals surface area contributed by atoms with Crippen LogP contribution in [0.4, 0.5) is 10.5 Å². The van der Waals surface area contributed by atoms with E-state index in [9.17, 15) is 14.4 Å². The predicted octanol–water partition coefficient (Wildman–Crippen LogP) is 5.58. The minimum absolute atomic E-state index is 0.198. The highest BCUT2D eigenvalue weighted by atomic mass is 79.9. The van der Waals surface area contributed by atoms with Crippen LogP contribution in [0, 0.1) is 0 Å². The summed E-state index contributed by atoms with van der Waals surface area (Å²) in [5.41, 5.74) is 1.06. The monoisotopic (exact) mass is 568 g/mol. The van der Waals surface area contributed by atoms with E-state index in [1.807, 2.05) is 13.8 Å². The molecule has 8 nitrogen and oxygen atoms in total. The van der Waals surface area contributed by atoms with Crippen molar-refractivity contribution in [3.05, 3.63) is 50.3 Å². The van der Waals surface area contributed by atoms with Gasteiger partial charge in [0.05, 0.1) is 34.7 Å². The van der Waals surface area contributed by atoms with Gasteiger partial charge in [0.25, 0.3) is 11.1 Å². The van der Waals surface area contributed by atoms with Crippen LogP contribution < -0.4 is 19.5 Å². The summed E-state index contributed by atoms with van der Waals surface area (Å²) in [5.74, 6) is 0.448. The van der Waals surface area contributed by atoms with Crippen LogP contribution in [0.25, 0.3) is 6.08 Å². The van der Waals surface area contributed by atoms with Crippen LogP contribution in [0.15, 0.2) is 39.7 Å². The van der Waals surface area contributed by atoms with E-state index in [1.165, 1.54) is 13.2 Å². The first-order valence-electron chi connectivity index (χ1n) is 10.2. The summed E-state index contributed by atoms with van der Waals surface area (Å²) in [4.78, 5) is 38.8. The van der Waals surface area contributed by atoms with Crippen molar-refractivity contribution in [2.24, 2.45) is 0 Å². The number of ether oxygens (including phenoxy) is 3. The van der Waals surface area contributed by atoms with Crippen LogP contribution in [0.5, 0.6) is 17.2 Å². The zero-order valence-electron chi connectivity index (χ0n) is 18.6. The number of amides is 3. The number of carbonyl (C=O) groups is 3. The molecule has 1 aliphatic rings. The second-order valence-corrected chi connectivity index (χ2v) is 9.12. The molecule has 0 saturated carbocycles. The van der Waals surface area contributed by atoms with Gasteiger partial charge >= 0.3 is 0 Å². The zero-order valence-corrected chi connectivity index (χ0v) is 21.8. The quantitative estimate of drug-likeness (QED) is 0.394. The van der Waals surface area contributed by atoms with Gasteiger partial charge in [-0.15, -0.1) is 0 Å². The van der Waals surface area contributed by atoms with Crippen molar-refractivity contribution in [3.8, 4) is 17.2 Å². The second kappa shape index (κ2) is 11.6. The average molecular weight is 570 g/mol. The van der Waals surface area contributed by atoms with Crippen LogP contribution in [0.2, 0.25) is 5.02 Å². The fourth-order valence-electron chi connectivity index (χ4n) is 3.09. The van der Waals surface area contributed by atoms with Crippen molar-refractivity contribution in [1.82, 2.24) is 4.90 Å². The molecule has 11 heteroatoms. The maximum Gasteiger partial charge on any atom is 0.294 e. The Balaban J connectivity index is 1.75. The zero-order chi connectivity index (χ0) is 24.8. The summed E-state index contributed by atoms with van der Waals surface area (Å²) in [6, 6.07) is 8.23. The number of rotatable bonds is 9. The standard InChI is InChI=1S/C23H22BrClN2O6S/c1-4-32-18-9-13(8-15(24)21(18)33-5-2)10-19-22(29)27(23(30)34-19)12-20(28)26-14-6-7-17(31-3)16(25)11-14/h6-11H,4-5,12H2,1-3H3,(H,26,28)/b19-10+.